The summed E-state index contributed by atoms with van der Waals surface area (Å²) in [5, 5.41) is 3.61. The number of nitrogens with zero attached hydrogens (tertiary/aromatic N) is 1. The third-order valence-electron chi connectivity index (χ3n) is 4.20. The zero-order valence-corrected chi connectivity index (χ0v) is 12.1. The van der Waals surface area contributed by atoms with Crippen LogP contribution in [0, 0.1) is 18.3 Å². The maximum absolute atomic E-state index is 5.52. The molecule has 0 aromatic heterocycles. The number of hydrogen-bond acceptors (Lipinski definition) is 2. The maximum atomic E-state index is 5.52. The summed E-state index contributed by atoms with van der Waals surface area (Å²) >= 11 is 0. The van der Waals surface area contributed by atoms with Crippen molar-refractivity contribution in [2.24, 2.45) is 5.92 Å². The minimum absolute atomic E-state index is 0.760. The Balaban J connectivity index is 1.62. The van der Waals surface area contributed by atoms with Crippen LogP contribution in [-0.2, 0) is 13.1 Å². The molecule has 2 fully saturated rings. The van der Waals surface area contributed by atoms with Gasteiger partial charge in [0.1, 0.15) is 0 Å². The summed E-state index contributed by atoms with van der Waals surface area (Å²) in [7, 11) is 0. The first-order valence-corrected chi connectivity index (χ1v) is 7.81. The van der Waals surface area contributed by atoms with E-state index in [0.717, 1.165) is 38.1 Å². The van der Waals surface area contributed by atoms with Crippen molar-refractivity contribution in [3.05, 3.63) is 35.4 Å². The van der Waals surface area contributed by atoms with Gasteiger partial charge in [0.2, 0.25) is 0 Å². The molecule has 0 atom stereocenters. The molecule has 0 saturated heterocycles. The highest BCUT2D eigenvalue weighted by Crippen LogP contribution is 2.30. The van der Waals surface area contributed by atoms with Crippen LogP contribution in [0.3, 0.4) is 0 Å². The Morgan fingerprint density at radius 2 is 1.90 bits per heavy atom. The van der Waals surface area contributed by atoms with Gasteiger partial charge >= 0.3 is 0 Å². The smallest absolute Gasteiger partial charge is 0.0601 e. The normalized spacial score (nSPS) is 18.2. The van der Waals surface area contributed by atoms with Gasteiger partial charge < -0.3 is 5.32 Å². The summed E-state index contributed by atoms with van der Waals surface area (Å²) in [6.07, 6.45) is 11.0. The molecule has 0 spiro atoms. The summed E-state index contributed by atoms with van der Waals surface area (Å²) in [5.41, 5.74) is 2.86. The van der Waals surface area contributed by atoms with Crippen LogP contribution in [0.4, 0.5) is 0 Å². The highest BCUT2D eigenvalue weighted by Gasteiger charge is 2.24. The molecule has 20 heavy (non-hydrogen) atoms. The molecule has 0 heterocycles. The Labute approximate surface area is 122 Å². The third kappa shape index (κ3) is 4.10. The molecule has 3 rings (SSSR count). The van der Waals surface area contributed by atoms with E-state index in [9.17, 15) is 0 Å². The lowest BCUT2D eigenvalue weighted by molar-refractivity contribution is 0.285. The van der Waals surface area contributed by atoms with Crippen molar-refractivity contribution >= 4 is 0 Å². The average Bonchev–Trinajstić information content (AvgIpc) is 3.33. The second-order valence-corrected chi connectivity index (χ2v) is 6.24. The van der Waals surface area contributed by atoms with E-state index < -0.39 is 0 Å². The minimum atomic E-state index is 0.760. The second-order valence-electron chi connectivity index (χ2n) is 6.24. The molecule has 0 amide bonds. The van der Waals surface area contributed by atoms with E-state index in [1.54, 1.807) is 0 Å². The highest BCUT2D eigenvalue weighted by atomic mass is 15.1. The molecule has 2 heteroatoms. The van der Waals surface area contributed by atoms with Crippen molar-refractivity contribution in [1.82, 2.24) is 10.2 Å². The lowest BCUT2D eigenvalue weighted by Gasteiger charge is -2.21. The van der Waals surface area contributed by atoms with Crippen LogP contribution in [0.25, 0.3) is 0 Å². The van der Waals surface area contributed by atoms with E-state index in [4.69, 9.17) is 6.42 Å². The number of hydrogen-bond donors (Lipinski definition) is 1. The molecule has 1 N–H and O–H groups in total. The quantitative estimate of drug-likeness (QED) is 0.729. The van der Waals surface area contributed by atoms with Crippen molar-refractivity contribution < 1.29 is 0 Å². The van der Waals surface area contributed by atoms with Gasteiger partial charge in [-0.1, -0.05) is 30.2 Å². The Kier molecular flexibility index (Phi) is 4.40. The monoisotopic (exact) mass is 268 g/mol. The largest absolute Gasteiger partial charge is 0.310 e. The van der Waals surface area contributed by atoms with E-state index in [2.05, 4.69) is 40.4 Å². The van der Waals surface area contributed by atoms with E-state index in [-0.39, 0.29) is 0 Å². The van der Waals surface area contributed by atoms with Gasteiger partial charge in [-0.2, -0.15) is 0 Å². The van der Waals surface area contributed by atoms with Crippen LogP contribution >= 0.6 is 0 Å². The van der Waals surface area contributed by atoms with Crippen molar-refractivity contribution in [2.45, 2.75) is 44.8 Å². The summed E-state index contributed by atoms with van der Waals surface area (Å²) in [5.74, 6) is 3.70. The molecule has 2 nitrogen and oxygen atoms in total. The van der Waals surface area contributed by atoms with Gasteiger partial charge in [-0.3, -0.25) is 4.90 Å². The molecule has 2 aliphatic carbocycles. The van der Waals surface area contributed by atoms with E-state index in [1.807, 2.05) is 0 Å². The van der Waals surface area contributed by atoms with Gasteiger partial charge in [-0.05, 0) is 42.7 Å². The van der Waals surface area contributed by atoms with Crippen molar-refractivity contribution in [1.29, 1.82) is 0 Å². The van der Waals surface area contributed by atoms with E-state index >= 15 is 0 Å². The number of rotatable bonds is 8. The molecular weight excluding hydrogens is 244 g/mol. The molecule has 1 aromatic rings. The number of benzene rings is 1. The first kappa shape index (κ1) is 13.7. The standard InChI is InChI=1S/C18H24N2/c1-2-11-20(13-15-7-8-15)14-17-6-4-3-5-16(17)12-19-18-9-10-18/h1,3-6,15,18-19H,7-14H2. The Hall–Kier alpha value is -1.30. The highest BCUT2D eigenvalue weighted by molar-refractivity contribution is 5.27. The van der Waals surface area contributed by atoms with E-state index in [1.165, 1.54) is 36.8 Å². The van der Waals surface area contributed by atoms with Crippen molar-refractivity contribution in [2.75, 3.05) is 13.1 Å². The van der Waals surface area contributed by atoms with Crippen LogP contribution in [0.2, 0.25) is 0 Å². The second kappa shape index (κ2) is 6.43. The van der Waals surface area contributed by atoms with Gasteiger partial charge in [0.15, 0.2) is 0 Å². The average molecular weight is 268 g/mol. The summed E-state index contributed by atoms with van der Waals surface area (Å²) in [4.78, 5) is 2.42. The molecule has 0 unspecified atom stereocenters. The van der Waals surface area contributed by atoms with Crippen molar-refractivity contribution in [3.63, 3.8) is 0 Å². The predicted molar refractivity (Wildman–Crippen MR) is 83.1 cm³/mol. The summed E-state index contributed by atoms with van der Waals surface area (Å²) in [6, 6.07) is 9.54. The summed E-state index contributed by atoms with van der Waals surface area (Å²) in [6.45, 7) is 3.91. The van der Waals surface area contributed by atoms with Gasteiger partial charge in [-0.15, -0.1) is 6.42 Å². The number of nitrogens with one attached hydrogen (secondary N) is 1. The third-order valence-corrected chi connectivity index (χ3v) is 4.20. The first-order chi connectivity index (χ1) is 9.85. The lowest BCUT2D eigenvalue weighted by Crippen LogP contribution is -2.27. The topological polar surface area (TPSA) is 15.3 Å². The molecule has 106 valence electrons. The molecular formula is C18H24N2. The van der Waals surface area contributed by atoms with Crippen LogP contribution in [-0.4, -0.2) is 24.0 Å². The Morgan fingerprint density at radius 3 is 2.55 bits per heavy atom. The zero-order chi connectivity index (χ0) is 13.8. The van der Waals surface area contributed by atoms with Crippen LogP contribution in [0.1, 0.15) is 36.8 Å². The van der Waals surface area contributed by atoms with Crippen LogP contribution < -0.4 is 5.32 Å². The summed E-state index contributed by atoms with van der Waals surface area (Å²) < 4.78 is 0. The van der Waals surface area contributed by atoms with Gasteiger partial charge in [0.05, 0.1) is 6.54 Å². The fraction of sp³-hybridized carbons (Fsp3) is 0.556. The first-order valence-electron chi connectivity index (χ1n) is 7.81. The Bertz CT molecular complexity index is 480. The van der Waals surface area contributed by atoms with Crippen molar-refractivity contribution in [3.8, 4) is 12.3 Å². The maximum Gasteiger partial charge on any atom is 0.0601 e. The fourth-order valence-corrected chi connectivity index (χ4v) is 2.65. The predicted octanol–water partition coefficient (Wildman–Crippen LogP) is 2.78. The van der Waals surface area contributed by atoms with E-state index in [0.29, 0.717) is 0 Å². The molecule has 2 aliphatic rings. The fourth-order valence-electron chi connectivity index (χ4n) is 2.65. The zero-order valence-electron chi connectivity index (χ0n) is 12.1. The number of terminal acetylenes is 1. The lowest BCUT2D eigenvalue weighted by atomic mass is 10.1. The molecule has 0 radical (unpaired) electrons. The van der Waals surface area contributed by atoms with Gasteiger partial charge in [0, 0.05) is 25.7 Å². The van der Waals surface area contributed by atoms with Crippen LogP contribution in [0.5, 0.6) is 0 Å². The van der Waals surface area contributed by atoms with Gasteiger partial charge in [-0.25, -0.2) is 0 Å². The molecule has 0 aliphatic heterocycles. The van der Waals surface area contributed by atoms with Gasteiger partial charge in [0.25, 0.3) is 0 Å². The molecule has 0 bridgehead atoms. The molecule has 1 aromatic carbocycles. The molecule has 2 saturated carbocycles. The van der Waals surface area contributed by atoms with Crippen LogP contribution in [0.15, 0.2) is 24.3 Å². The minimum Gasteiger partial charge on any atom is -0.310 e. The SMILES string of the molecule is C#CCN(Cc1ccccc1CNC1CC1)CC1CC1. The Morgan fingerprint density at radius 1 is 1.15 bits per heavy atom.